The average Bonchev–Trinajstić information content (AvgIpc) is 3.30. The maximum Gasteiger partial charge on any atom is 0.274 e. The Morgan fingerprint density at radius 1 is 1.33 bits per heavy atom. The fourth-order valence-corrected chi connectivity index (χ4v) is 3.31. The average molecular weight is 323 g/mol. The van der Waals surface area contributed by atoms with Crippen LogP contribution in [-0.2, 0) is 0 Å². The van der Waals surface area contributed by atoms with Crippen molar-refractivity contribution in [2.75, 3.05) is 6.54 Å². The summed E-state index contributed by atoms with van der Waals surface area (Å²) in [7, 11) is 0. The molecule has 1 aromatic carbocycles. The first-order chi connectivity index (χ1) is 11.6. The fourth-order valence-electron chi connectivity index (χ4n) is 3.31. The van der Waals surface area contributed by atoms with Gasteiger partial charge < -0.3 is 9.88 Å². The van der Waals surface area contributed by atoms with Crippen molar-refractivity contribution in [2.24, 2.45) is 0 Å². The van der Waals surface area contributed by atoms with Crippen LogP contribution in [0.3, 0.4) is 0 Å². The Kier molecular flexibility index (Phi) is 3.59. The molecule has 2 aromatic heterocycles. The number of imidazole rings is 1. The largest absolute Gasteiger partial charge is 0.340 e. The number of fused-ring (bicyclic) bond motifs is 1. The summed E-state index contributed by atoms with van der Waals surface area (Å²) in [6.07, 6.45) is 1.90. The lowest BCUT2D eigenvalue weighted by atomic mass is 10.1. The molecule has 1 atom stereocenters. The Labute approximate surface area is 140 Å². The smallest absolute Gasteiger partial charge is 0.274 e. The predicted molar refractivity (Wildman–Crippen MR) is 91.8 cm³/mol. The summed E-state index contributed by atoms with van der Waals surface area (Å²) in [4.78, 5) is 22.8. The van der Waals surface area contributed by atoms with E-state index in [1.807, 2.05) is 35.2 Å². The second-order valence-electron chi connectivity index (χ2n) is 6.66. The minimum absolute atomic E-state index is 0.0101. The number of hydrogen-bond donors (Lipinski definition) is 2. The molecule has 0 bridgehead atoms. The number of benzene rings is 1. The van der Waals surface area contributed by atoms with E-state index in [1.54, 1.807) is 0 Å². The molecule has 124 valence electrons. The van der Waals surface area contributed by atoms with Crippen LogP contribution >= 0.6 is 0 Å². The van der Waals surface area contributed by atoms with E-state index in [0.717, 1.165) is 41.9 Å². The number of likely N-dealkylation sites (tertiary alicyclic amines) is 1. The Morgan fingerprint density at radius 3 is 2.92 bits per heavy atom. The first kappa shape index (κ1) is 14.9. The quantitative estimate of drug-likeness (QED) is 0.775. The maximum absolute atomic E-state index is 12.9. The summed E-state index contributed by atoms with van der Waals surface area (Å²) in [6, 6.07) is 9.81. The van der Waals surface area contributed by atoms with Gasteiger partial charge in [0.1, 0.15) is 11.5 Å². The molecule has 4 rings (SSSR count). The Bertz CT molecular complexity index is 845. The molecule has 0 spiro atoms. The molecule has 3 aromatic rings. The standard InChI is InChI=1S/C18H21N5O/c1-11(2)14-10-15(22-21-14)18(24)23-9-5-8-16(23)17-19-12-6-3-4-7-13(12)20-17/h3-4,6-7,10-11,16H,5,8-9H2,1-2H3,(H,19,20)(H,21,22)/t16-/m1/s1. The highest BCUT2D eigenvalue weighted by Crippen LogP contribution is 2.32. The molecule has 0 saturated carbocycles. The number of hydrogen-bond acceptors (Lipinski definition) is 3. The van der Waals surface area contributed by atoms with Gasteiger partial charge in [-0.05, 0) is 37.0 Å². The van der Waals surface area contributed by atoms with Gasteiger partial charge in [0.25, 0.3) is 5.91 Å². The normalized spacial score (nSPS) is 18.0. The van der Waals surface area contributed by atoms with E-state index in [-0.39, 0.29) is 11.9 Å². The molecule has 1 amide bonds. The third-order valence-corrected chi connectivity index (χ3v) is 4.68. The second kappa shape index (κ2) is 5.78. The van der Waals surface area contributed by atoms with E-state index in [9.17, 15) is 4.79 Å². The van der Waals surface area contributed by atoms with Crippen molar-refractivity contribution in [2.45, 2.75) is 38.6 Å². The van der Waals surface area contributed by atoms with Crippen molar-refractivity contribution in [1.82, 2.24) is 25.1 Å². The van der Waals surface area contributed by atoms with Gasteiger partial charge in [-0.3, -0.25) is 9.89 Å². The number of rotatable bonds is 3. The molecule has 1 aliphatic rings. The first-order valence-electron chi connectivity index (χ1n) is 8.44. The van der Waals surface area contributed by atoms with Gasteiger partial charge in [0.15, 0.2) is 0 Å². The van der Waals surface area contributed by atoms with Gasteiger partial charge in [-0.1, -0.05) is 26.0 Å². The molecule has 1 fully saturated rings. The number of carbonyl (C=O) groups excluding carboxylic acids is 1. The van der Waals surface area contributed by atoms with Gasteiger partial charge in [0.05, 0.1) is 17.1 Å². The number of H-pyrrole nitrogens is 2. The lowest BCUT2D eigenvalue weighted by Gasteiger charge is -2.22. The van der Waals surface area contributed by atoms with Crippen LogP contribution in [0.15, 0.2) is 30.3 Å². The molecule has 1 saturated heterocycles. The molecule has 24 heavy (non-hydrogen) atoms. The van der Waals surface area contributed by atoms with Crippen molar-refractivity contribution in [3.63, 3.8) is 0 Å². The fraction of sp³-hybridized carbons (Fsp3) is 0.389. The van der Waals surface area contributed by atoms with Crippen molar-refractivity contribution in [3.05, 3.63) is 47.5 Å². The van der Waals surface area contributed by atoms with Crippen LogP contribution in [0.4, 0.5) is 0 Å². The molecule has 6 heteroatoms. The van der Waals surface area contributed by atoms with Gasteiger partial charge in [0, 0.05) is 12.2 Å². The number of nitrogens with one attached hydrogen (secondary N) is 2. The van der Waals surface area contributed by atoms with Crippen molar-refractivity contribution in [3.8, 4) is 0 Å². The van der Waals surface area contributed by atoms with Crippen LogP contribution in [0.2, 0.25) is 0 Å². The highest BCUT2D eigenvalue weighted by Gasteiger charge is 2.33. The molecule has 0 radical (unpaired) electrons. The zero-order chi connectivity index (χ0) is 16.7. The zero-order valence-corrected chi connectivity index (χ0v) is 13.9. The maximum atomic E-state index is 12.9. The molecular weight excluding hydrogens is 302 g/mol. The highest BCUT2D eigenvalue weighted by atomic mass is 16.2. The monoisotopic (exact) mass is 323 g/mol. The minimum Gasteiger partial charge on any atom is -0.340 e. The van der Waals surface area contributed by atoms with Crippen LogP contribution in [0.1, 0.15) is 60.7 Å². The summed E-state index contributed by atoms with van der Waals surface area (Å²) in [5.41, 5.74) is 3.42. The van der Waals surface area contributed by atoms with Crippen molar-refractivity contribution in [1.29, 1.82) is 0 Å². The third kappa shape index (κ3) is 2.48. The van der Waals surface area contributed by atoms with Gasteiger partial charge in [-0.2, -0.15) is 5.10 Å². The highest BCUT2D eigenvalue weighted by molar-refractivity contribution is 5.93. The summed E-state index contributed by atoms with van der Waals surface area (Å²) < 4.78 is 0. The molecule has 2 N–H and O–H groups in total. The van der Waals surface area contributed by atoms with Crippen LogP contribution in [-0.4, -0.2) is 37.5 Å². The van der Waals surface area contributed by atoms with Crippen LogP contribution < -0.4 is 0 Å². The van der Waals surface area contributed by atoms with E-state index in [1.165, 1.54) is 0 Å². The van der Waals surface area contributed by atoms with Gasteiger partial charge in [-0.15, -0.1) is 0 Å². The SMILES string of the molecule is CC(C)c1cc(C(=O)N2CCC[C@@H]2c2nc3ccccc3[nH]2)n[nH]1. The lowest BCUT2D eigenvalue weighted by molar-refractivity contribution is 0.0724. The number of aromatic nitrogens is 4. The van der Waals surface area contributed by atoms with Crippen LogP contribution in [0, 0.1) is 0 Å². The van der Waals surface area contributed by atoms with E-state index in [2.05, 4.69) is 34.0 Å². The van der Waals surface area contributed by atoms with Gasteiger partial charge in [-0.25, -0.2) is 4.98 Å². The van der Waals surface area contributed by atoms with E-state index >= 15 is 0 Å². The van der Waals surface area contributed by atoms with Gasteiger partial charge >= 0.3 is 0 Å². The molecular formula is C18H21N5O. The van der Waals surface area contributed by atoms with Crippen molar-refractivity contribution >= 4 is 16.9 Å². The summed E-state index contributed by atoms with van der Waals surface area (Å²) in [5.74, 6) is 1.16. The zero-order valence-electron chi connectivity index (χ0n) is 13.9. The summed E-state index contributed by atoms with van der Waals surface area (Å²) >= 11 is 0. The Hall–Kier alpha value is -2.63. The molecule has 0 unspecified atom stereocenters. The Balaban J connectivity index is 1.62. The van der Waals surface area contributed by atoms with E-state index in [0.29, 0.717) is 11.6 Å². The second-order valence-corrected chi connectivity index (χ2v) is 6.66. The van der Waals surface area contributed by atoms with E-state index < -0.39 is 0 Å². The topological polar surface area (TPSA) is 77.7 Å². The molecule has 3 heterocycles. The van der Waals surface area contributed by atoms with E-state index in [4.69, 9.17) is 0 Å². The molecule has 1 aliphatic heterocycles. The first-order valence-corrected chi connectivity index (χ1v) is 8.44. The minimum atomic E-state index is -0.0268. The van der Waals surface area contributed by atoms with Gasteiger partial charge in [0.2, 0.25) is 0 Å². The Morgan fingerprint density at radius 2 is 2.17 bits per heavy atom. The van der Waals surface area contributed by atoms with Crippen LogP contribution in [0.5, 0.6) is 0 Å². The number of aromatic amines is 2. The number of carbonyl (C=O) groups is 1. The summed E-state index contributed by atoms with van der Waals surface area (Å²) in [5, 5.41) is 7.17. The van der Waals surface area contributed by atoms with Crippen LogP contribution in [0.25, 0.3) is 11.0 Å². The third-order valence-electron chi connectivity index (χ3n) is 4.68. The summed E-state index contributed by atoms with van der Waals surface area (Å²) in [6.45, 7) is 4.90. The number of nitrogens with zero attached hydrogens (tertiary/aromatic N) is 3. The number of para-hydroxylation sites is 2. The molecule has 0 aliphatic carbocycles. The molecule has 6 nitrogen and oxygen atoms in total. The lowest BCUT2D eigenvalue weighted by Crippen LogP contribution is -2.31. The predicted octanol–water partition coefficient (Wildman–Crippen LogP) is 3.39. The van der Waals surface area contributed by atoms with Crippen molar-refractivity contribution < 1.29 is 4.79 Å². The number of amides is 1.